The van der Waals surface area contributed by atoms with Gasteiger partial charge in [-0.1, -0.05) is 26.0 Å². The molecule has 160 valence electrons. The number of ether oxygens (including phenoxy) is 2. The van der Waals surface area contributed by atoms with E-state index in [2.05, 4.69) is 5.32 Å². The van der Waals surface area contributed by atoms with Crippen molar-refractivity contribution in [2.45, 2.75) is 46.4 Å². The maximum atomic E-state index is 13.0. The second-order valence-electron chi connectivity index (χ2n) is 7.80. The molecule has 0 bridgehead atoms. The fourth-order valence-electron chi connectivity index (χ4n) is 3.36. The largest absolute Gasteiger partial charge is 0.497 e. The van der Waals surface area contributed by atoms with Crippen molar-refractivity contribution in [2.24, 2.45) is 5.92 Å². The number of esters is 1. The Bertz CT molecular complexity index is 1020. The fraction of sp³-hybridized carbons (Fsp3) is 0.391. The zero-order valence-corrected chi connectivity index (χ0v) is 18.8. The van der Waals surface area contributed by atoms with Crippen LogP contribution < -0.4 is 10.1 Å². The number of amides is 1. The van der Waals surface area contributed by atoms with Crippen LogP contribution in [0.1, 0.15) is 49.8 Å². The number of hydrogen-bond acceptors (Lipinski definition) is 5. The molecule has 0 fully saturated rings. The molecule has 0 aliphatic carbocycles. The van der Waals surface area contributed by atoms with E-state index in [1.165, 1.54) is 0 Å². The van der Waals surface area contributed by atoms with E-state index >= 15 is 0 Å². The van der Waals surface area contributed by atoms with Gasteiger partial charge in [0, 0.05) is 12.6 Å². The van der Waals surface area contributed by atoms with E-state index < -0.39 is 12.1 Å². The third kappa shape index (κ3) is 4.67. The summed E-state index contributed by atoms with van der Waals surface area (Å²) in [7, 11) is 1.61. The van der Waals surface area contributed by atoms with E-state index in [0.717, 1.165) is 21.5 Å². The molecule has 1 atom stereocenters. The first-order valence-electron chi connectivity index (χ1n) is 10.0. The number of carbonyl (C=O) groups excluding carboxylic acids is 2. The van der Waals surface area contributed by atoms with Gasteiger partial charge in [-0.05, 0) is 55.0 Å². The number of nitrogens with one attached hydrogen (secondary N) is 1. The minimum atomic E-state index is -0.871. The van der Waals surface area contributed by atoms with Gasteiger partial charge in [-0.3, -0.25) is 4.79 Å². The molecule has 6 nitrogen and oxygen atoms in total. The zero-order chi connectivity index (χ0) is 21.8. The van der Waals surface area contributed by atoms with E-state index in [-0.39, 0.29) is 17.9 Å². The number of nitrogens with zero attached hydrogens (tertiary/aromatic N) is 1. The van der Waals surface area contributed by atoms with Crippen LogP contribution in [0.15, 0.2) is 41.8 Å². The SMILES string of the molecule is COc1ccc(CNC(=O)C(OC(=O)c2cc3sccc3n2C(C)C)C(C)C)cc1. The van der Waals surface area contributed by atoms with Crippen molar-refractivity contribution < 1.29 is 19.1 Å². The Morgan fingerprint density at radius 3 is 2.40 bits per heavy atom. The topological polar surface area (TPSA) is 69.6 Å². The number of benzene rings is 1. The van der Waals surface area contributed by atoms with Crippen LogP contribution in [0, 0.1) is 5.92 Å². The van der Waals surface area contributed by atoms with Crippen LogP contribution in [0.5, 0.6) is 5.75 Å². The highest BCUT2D eigenvalue weighted by atomic mass is 32.1. The summed E-state index contributed by atoms with van der Waals surface area (Å²) in [6, 6.07) is 11.4. The third-order valence-corrected chi connectivity index (χ3v) is 5.76. The average molecular weight is 429 g/mol. The number of aromatic nitrogens is 1. The van der Waals surface area contributed by atoms with Gasteiger partial charge in [-0.15, -0.1) is 11.3 Å². The van der Waals surface area contributed by atoms with Crippen molar-refractivity contribution in [2.75, 3.05) is 7.11 Å². The maximum Gasteiger partial charge on any atom is 0.355 e. The summed E-state index contributed by atoms with van der Waals surface area (Å²) in [6.45, 7) is 8.13. The highest BCUT2D eigenvalue weighted by Crippen LogP contribution is 2.29. The third-order valence-electron chi connectivity index (χ3n) is 4.91. The minimum Gasteiger partial charge on any atom is -0.497 e. The second kappa shape index (κ2) is 9.34. The lowest BCUT2D eigenvalue weighted by molar-refractivity contribution is -0.132. The van der Waals surface area contributed by atoms with Crippen LogP contribution in [0.2, 0.25) is 0 Å². The average Bonchev–Trinajstić information content (AvgIpc) is 3.31. The molecule has 2 heterocycles. The van der Waals surface area contributed by atoms with Crippen LogP contribution in [0.25, 0.3) is 10.2 Å². The van der Waals surface area contributed by atoms with Crippen LogP contribution >= 0.6 is 11.3 Å². The molecule has 0 spiro atoms. The van der Waals surface area contributed by atoms with Crippen LogP contribution in [0.3, 0.4) is 0 Å². The molecular weight excluding hydrogens is 400 g/mol. The summed E-state index contributed by atoms with van der Waals surface area (Å²) < 4.78 is 13.8. The number of carbonyl (C=O) groups is 2. The van der Waals surface area contributed by atoms with Crippen LogP contribution in [-0.4, -0.2) is 29.7 Å². The predicted octanol–water partition coefficient (Wildman–Crippen LogP) is 4.79. The van der Waals surface area contributed by atoms with Gasteiger partial charge in [0.1, 0.15) is 11.4 Å². The molecule has 0 saturated heterocycles. The molecule has 0 aliphatic rings. The molecule has 30 heavy (non-hydrogen) atoms. The first kappa shape index (κ1) is 21.9. The van der Waals surface area contributed by atoms with Gasteiger partial charge in [0.2, 0.25) is 0 Å². The lowest BCUT2D eigenvalue weighted by Crippen LogP contribution is -2.41. The molecule has 0 radical (unpaired) electrons. The fourth-order valence-corrected chi connectivity index (χ4v) is 4.17. The summed E-state index contributed by atoms with van der Waals surface area (Å²) in [5, 5.41) is 4.87. The molecule has 1 N–H and O–H groups in total. The van der Waals surface area contributed by atoms with Gasteiger partial charge in [0.05, 0.1) is 17.3 Å². The summed E-state index contributed by atoms with van der Waals surface area (Å²) in [5.41, 5.74) is 2.42. The number of methoxy groups -OCH3 is 1. The molecular formula is C23H28N2O4S. The predicted molar refractivity (Wildman–Crippen MR) is 119 cm³/mol. The molecule has 3 aromatic rings. The molecule has 0 saturated carbocycles. The van der Waals surface area contributed by atoms with Gasteiger partial charge in [0.25, 0.3) is 5.91 Å². The molecule has 1 unspecified atom stereocenters. The van der Waals surface area contributed by atoms with Gasteiger partial charge >= 0.3 is 5.97 Å². The van der Waals surface area contributed by atoms with Crippen LogP contribution in [-0.2, 0) is 16.1 Å². The lowest BCUT2D eigenvalue weighted by atomic mass is 10.1. The zero-order valence-electron chi connectivity index (χ0n) is 18.0. The van der Waals surface area contributed by atoms with Crippen molar-refractivity contribution in [1.29, 1.82) is 0 Å². The molecule has 2 aromatic heterocycles. The quantitative estimate of drug-likeness (QED) is 0.524. The highest BCUT2D eigenvalue weighted by molar-refractivity contribution is 7.17. The normalized spacial score (nSPS) is 12.4. The lowest BCUT2D eigenvalue weighted by Gasteiger charge is -2.22. The Balaban J connectivity index is 1.71. The monoisotopic (exact) mass is 428 g/mol. The van der Waals surface area contributed by atoms with Crippen molar-refractivity contribution >= 4 is 33.4 Å². The second-order valence-corrected chi connectivity index (χ2v) is 8.75. The van der Waals surface area contributed by atoms with Crippen molar-refractivity contribution in [3.8, 4) is 5.75 Å². The first-order chi connectivity index (χ1) is 14.3. The van der Waals surface area contributed by atoms with Gasteiger partial charge in [0.15, 0.2) is 6.10 Å². The molecule has 0 aliphatic heterocycles. The Hall–Kier alpha value is -2.80. The van der Waals surface area contributed by atoms with E-state index in [1.54, 1.807) is 18.4 Å². The Labute approximate surface area is 180 Å². The summed E-state index contributed by atoms with van der Waals surface area (Å²) >= 11 is 1.58. The first-order valence-corrected chi connectivity index (χ1v) is 10.9. The van der Waals surface area contributed by atoms with Crippen molar-refractivity contribution in [3.05, 3.63) is 53.0 Å². The standard InChI is InChI=1S/C23H28N2O4S/c1-14(2)21(22(26)24-13-16-6-8-17(28-5)9-7-16)29-23(27)19-12-20-18(10-11-30-20)25(19)15(3)4/h6-12,14-15,21H,13H2,1-5H3,(H,24,26). The van der Waals surface area contributed by atoms with Crippen molar-refractivity contribution in [1.82, 2.24) is 9.88 Å². The Morgan fingerprint density at radius 1 is 1.10 bits per heavy atom. The number of fused-ring (bicyclic) bond motifs is 1. The maximum absolute atomic E-state index is 13.0. The van der Waals surface area contributed by atoms with Crippen molar-refractivity contribution in [3.63, 3.8) is 0 Å². The molecule has 1 amide bonds. The van der Waals surface area contributed by atoms with Crippen LogP contribution in [0.4, 0.5) is 0 Å². The molecule has 7 heteroatoms. The van der Waals surface area contributed by atoms with E-state index in [4.69, 9.17) is 9.47 Å². The number of rotatable bonds is 8. The number of hydrogen-bond donors (Lipinski definition) is 1. The van der Waals surface area contributed by atoms with E-state index in [9.17, 15) is 9.59 Å². The molecule has 3 rings (SSSR count). The van der Waals surface area contributed by atoms with Gasteiger partial charge < -0.3 is 19.4 Å². The summed E-state index contributed by atoms with van der Waals surface area (Å²) in [4.78, 5) is 25.7. The Kier molecular flexibility index (Phi) is 6.82. The summed E-state index contributed by atoms with van der Waals surface area (Å²) in [5.74, 6) is -0.190. The van der Waals surface area contributed by atoms with E-state index in [0.29, 0.717) is 12.2 Å². The van der Waals surface area contributed by atoms with Gasteiger partial charge in [-0.2, -0.15) is 0 Å². The minimum absolute atomic E-state index is 0.0982. The molecule has 1 aromatic carbocycles. The van der Waals surface area contributed by atoms with Gasteiger partial charge in [-0.25, -0.2) is 4.79 Å². The Morgan fingerprint density at radius 2 is 1.80 bits per heavy atom. The highest BCUT2D eigenvalue weighted by Gasteiger charge is 2.29. The summed E-state index contributed by atoms with van der Waals surface area (Å²) in [6.07, 6.45) is -0.871. The smallest absolute Gasteiger partial charge is 0.355 e. The number of thiophene rings is 1. The van der Waals surface area contributed by atoms with E-state index in [1.807, 2.05) is 74.0 Å².